The van der Waals surface area contributed by atoms with Gasteiger partial charge in [-0.05, 0) is 45.4 Å². The molecule has 5 heteroatoms. The van der Waals surface area contributed by atoms with Crippen molar-refractivity contribution in [2.24, 2.45) is 0 Å². The molecule has 1 fully saturated rings. The third-order valence-corrected chi connectivity index (χ3v) is 4.91. The van der Waals surface area contributed by atoms with E-state index in [-0.39, 0.29) is 11.9 Å². The molecule has 0 aromatic heterocycles. The Morgan fingerprint density at radius 1 is 1.27 bits per heavy atom. The minimum absolute atomic E-state index is 0.102. The fraction of sp³-hybridized carbons (Fsp3) is 0.524. The summed E-state index contributed by atoms with van der Waals surface area (Å²) in [5.41, 5.74) is 1.50. The van der Waals surface area contributed by atoms with Crippen LogP contribution >= 0.6 is 0 Å². The van der Waals surface area contributed by atoms with Gasteiger partial charge >= 0.3 is 6.09 Å². The van der Waals surface area contributed by atoms with E-state index < -0.39 is 11.2 Å². The van der Waals surface area contributed by atoms with Gasteiger partial charge in [0.25, 0.3) is 0 Å². The number of piperidine rings is 1. The number of Topliss-reactive ketones (excluding diaryl/α,β-unsaturated/α-hetero) is 1. The van der Waals surface area contributed by atoms with Crippen LogP contribution in [0.2, 0.25) is 0 Å². The third kappa shape index (κ3) is 3.76. The number of ether oxygens (including phenoxy) is 2. The average molecular weight is 357 g/mol. The molecule has 0 aliphatic carbocycles. The monoisotopic (exact) mass is 357 g/mol. The SMILES string of the molecule is C=C(C)c1ccc2c(c1)OC1(CCN(C(=O)OC(C)(C)C)CC1)CC2=O. The highest BCUT2D eigenvalue weighted by molar-refractivity contribution is 6.00. The summed E-state index contributed by atoms with van der Waals surface area (Å²) in [6.45, 7) is 12.5. The second-order valence-electron chi connectivity index (χ2n) is 8.34. The molecular weight excluding hydrogens is 330 g/mol. The summed E-state index contributed by atoms with van der Waals surface area (Å²) in [7, 11) is 0. The van der Waals surface area contributed by atoms with E-state index in [0.717, 1.165) is 11.1 Å². The van der Waals surface area contributed by atoms with Gasteiger partial charge in [0.2, 0.25) is 0 Å². The molecule has 1 aromatic rings. The molecule has 1 spiro atoms. The van der Waals surface area contributed by atoms with Crippen LogP contribution in [0.5, 0.6) is 5.75 Å². The van der Waals surface area contributed by atoms with Crippen LogP contribution in [0.15, 0.2) is 24.8 Å². The standard InChI is InChI=1S/C21H27NO4/c1-14(2)15-6-7-16-17(23)13-21(25-18(16)12-15)8-10-22(11-9-21)19(24)26-20(3,4)5/h6-7,12H,1,8-11,13H2,2-5H3. The minimum Gasteiger partial charge on any atom is -0.486 e. The largest absolute Gasteiger partial charge is 0.486 e. The van der Waals surface area contributed by atoms with Crippen molar-refractivity contribution in [1.29, 1.82) is 0 Å². The number of rotatable bonds is 1. The summed E-state index contributed by atoms with van der Waals surface area (Å²) in [5, 5.41) is 0. The molecule has 140 valence electrons. The van der Waals surface area contributed by atoms with E-state index in [9.17, 15) is 9.59 Å². The molecule has 0 saturated carbocycles. The highest BCUT2D eigenvalue weighted by Crippen LogP contribution is 2.40. The lowest BCUT2D eigenvalue weighted by molar-refractivity contribution is -0.0226. The maximum Gasteiger partial charge on any atom is 0.410 e. The van der Waals surface area contributed by atoms with Crippen LogP contribution in [0.25, 0.3) is 5.57 Å². The van der Waals surface area contributed by atoms with Crippen molar-refractivity contribution in [3.05, 3.63) is 35.9 Å². The second kappa shape index (κ2) is 6.45. The number of fused-ring (bicyclic) bond motifs is 1. The van der Waals surface area contributed by atoms with Crippen molar-refractivity contribution in [1.82, 2.24) is 4.90 Å². The predicted molar refractivity (Wildman–Crippen MR) is 100 cm³/mol. The molecule has 0 unspecified atom stereocenters. The first-order chi connectivity index (χ1) is 12.1. The van der Waals surface area contributed by atoms with Crippen LogP contribution in [0.3, 0.4) is 0 Å². The second-order valence-corrected chi connectivity index (χ2v) is 8.34. The number of carbonyl (C=O) groups is 2. The van der Waals surface area contributed by atoms with Crippen molar-refractivity contribution >= 4 is 17.4 Å². The molecule has 2 aliphatic heterocycles. The van der Waals surface area contributed by atoms with Gasteiger partial charge < -0.3 is 14.4 Å². The number of nitrogens with zero attached hydrogens (tertiary/aromatic N) is 1. The Hall–Kier alpha value is -2.30. The molecule has 1 amide bonds. The summed E-state index contributed by atoms with van der Waals surface area (Å²) in [5.74, 6) is 0.734. The number of hydrogen-bond acceptors (Lipinski definition) is 4. The van der Waals surface area contributed by atoms with Gasteiger partial charge in [0, 0.05) is 25.9 Å². The zero-order valence-corrected chi connectivity index (χ0v) is 16.1. The van der Waals surface area contributed by atoms with E-state index in [4.69, 9.17) is 9.47 Å². The normalized spacial score (nSPS) is 18.9. The fourth-order valence-corrected chi connectivity index (χ4v) is 3.46. The Bertz CT molecular complexity index is 752. The quantitative estimate of drug-likeness (QED) is 0.745. The van der Waals surface area contributed by atoms with Gasteiger partial charge in [-0.3, -0.25) is 4.79 Å². The molecule has 1 aromatic carbocycles. The molecule has 0 bridgehead atoms. The van der Waals surface area contributed by atoms with E-state index in [1.807, 2.05) is 45.9 Å². The summed E-state index contributed by atoms with van der Waals surface area (Å²) in [6.07, 6.45) is 1.29. The predicted octanol–water partition coefficient (Wildman–Crippen LogP) is 4.45. The maximum atomic E-state index is 12.6. The zero-order chi connectivity index (χ0) is 19.1. The van der Waals surface area contributed by atoms with Crippen molar-refractivity contribution in [2.75, 3.05) is 13.1 Å². The van der Waals surface area contributed by atoms with E-state index in [2.05, 4.69) is 6.58 Å². The molecule has 0 N–H and O–H groups in total. The highest BCUT2D eigenvalue weighted by Gasteiger charge is 2.44. The molecule has 0 atom stereocenters. The Balaban J connectivity index is 1.73. The van der Waals surface area contributed by atoms with Crippen LogP contribution in [0.1, 0.15) is 62.9 Å². The number of likely N-dealkylation sites (tertiary alicyclic amines) is 1. The van der Waals surface area contributed by atoms with Crippen LogP contribution in [0.4, 0.5) is 4.79 Å². The summed E-state index contributed by atoms with van der Waals surface area (Å²) in [6, 6.07) is 5.63. The van der Waals surface area contributed by atoms with Gasteiger partial charge in [-0.2, -0.15) is 0 Å². The van der Waals surface area contributed by atoms with Crippen LogP contribution in [0, 0.1) is 0 Å². The van der Waals surface area contributed by atoms with Gasteiger partial charge in [0.1, 0.15) is 17.0 Å². The topological polar surface area (TPSA) is 55.8 Å². The first kappa shape index (κ1) is 18.5. The van der Waals surface area contributed by atoms with Crippen LogP contribution < -0.4 is 4.74 Å². The molecule has 5 nitrogen and oxygen atoms in total. The summed E-state index contributed by atoms with van der Waals surface area (Å²) >= 11 is 0. The number of hydrogen-bond donors (Lipinski definition) is 0. The van der Waals surface area contributed by atoms with E-state index >= 15 is 0 Å². The Morgan fingerprint density at radius 2 is 1.92 bits per heavy atom. The molecule has 2 heterocycles. The zero-order valence-electron chi connectivity index (χ0n) is 16.1. The highest BCUT2D eigenvalue weighted by atomic mass is 16.6. The van der Waals surface area contributed by atoms with Crippen molar-refractivity contribution in [2.45, 2.75) is 58.2 Å². The molecule has 0 radical (unpaired) electrons. The Labute approximate surface area is 155 Å². The van der Waals surface area contributed by atoms with Gasteiger partial charge in [-0.25, -0.2) is 4.79 Å². The number of carbonyl (C=O) groups excluding carboxylic acids is 2. The fourth-order valence-electron chi connectivity index (χ4n) is 3.46. The van der Waals surface area contributed by atoms with Crippen molar-refractivity contribution < 1.29 is 19.1 Å². The number of ketones is 1. The lowest BCUT2D eigenvalue weighted by Crippen LogP contribution is -2.53. The van der Waals surface area contributed by atoms with E-state index in [1.165, 1.54) is 0 Å². The van der Waals surface area contributed by atoms with E-state index in [0.29, 0.717) is 43.7 Å². The minimum atomic E-state index is -0.531. The van der Waals surface area contributed by atoms with Crippen LogP contribution in [-0.2, 0) is 4.74 Å². The average Bonchev–Trinajstić information content (AvgIpc) is 2.53. The lowest BCUT2D eigenvalue weighted by Gasteiger charge is -2.44. The number of allylic oxidation sites excluding steroid dienone is 1. The van der Waals surface area contributed by atoms with Gasteiger partial charge in [0.05, 0.1) is 12.0 Å². The maximum absolute atomic E-state index is 12.6. The van der Waals surface area contributed by atoms with Gasteiger partial charge in [-0.15, -0.1) is 0 Å². The van der Waals surface area contributed by atoms with E-state index in [1.54, 1.807) is 4.90 Å². The smallest absolute Gasteiger partial charge is 0.410 e. The van der Waals surface area contributed by atoms with Gasteiger partial charge in [0.15, 0.2) is 5.78 Å². The molecule has 3 rings (SSSR count). The molecule has 26 heavy (non-hydrogen) atoms. The Morgan fingerprint density at radius 3 is 2.50 bits per heavy atom. The summed E-state index contributed by atoms with van der Waals surface area (Å²) < 4.78 is 11.8. The van der Waals surface area contributed by atoms with Crippen molar-refractivity contribution in [3.8, 4) is 5.75 Å². The summed E-state index contributed by atoms with van der Waals surface area (Å²) in [4.78, 5) is 26.6. The molecule has 1 saturated heterocycles. The van der Waals surface area contributed by atoms with Crippen molar-refractivity contribution in [3.63, 3.8) is 0 Å². The first-order valence-electron chi connectivity index (χ1n) is 9.09. The van der Waals surface area contributed by atoms with Crippen LogP contribution in [-0.4, -0.2) is 41.1 Å². The number of amides is 1. The lowest BCUT2D eigenvalue weighted by atomic mass is 9.82. The Kier molecular flexibility index (Phi) is 4.59. The molecule has 2 aliphatic rings. The van der Waals surface area contributed by atoms with Gasteiger partial charge in [-0.1, -0.05) is 18.2 Å². The number of benzene rings is 1. The first-order valence-corrected chi connectivity index (χ1v) is 9.09. The third-order valence-electron chi connectivity index (χ3n) is 4.91. The molecular formula is C21H27NO4.